The average molecular weight is 1590 g/mol. The summed E-state index contributed by atoms with van der Waals surface area (Å²) >= 11 is 0. The lowest BCUT2D eigenvalue weighted by molar-refractivity contribution is -0.421. The second kappa shape index (κ2) is 52.4. The number of unbranched alkanes of at least 4 members (excludes halogenated alkanes) is 12. The van der Waals surface area contributed by atoms with Crippen molar-refractivity contribution in [3.05, 3.63) is 0 Å². The first-order valence-corrected chi connectivity index (χ1v) is 39.6. The predicted molar refractivity (Wildman–Crippen MR) is 379 cm³/mol. The fraction of sp³-hybridized carbons (Fsp3) is 1.00. The predicted octanol–water partition coefficient (Wildman–Crippen LogP) is -3.73. The summed E-state index contributed by atoms with van der Waals surface area (Å²) in [4.78, 5) is 10.5. The largest absolute Gasteiger partial charge is 0.394 e. The molecule has 5 aliphatic heterocycles. The molecule has 0 aromatic heterocycles. The Labute approximate surface area is 639 Å². The molecule has 21 N–H and O–H groups in total. The van der Waals surface area contributed by atoms with Crippen molar-refractivity contribution >= 4 is 0 Å². The molecule has 36 heteroatoms. The van der Waals surface area contributed by atoms with E-state index in [1.54, 1.807) is 0 Å². The van der Waals surface area contributed by atoms with Crippen LogP contribution in [0.4, 0.5) is 0 Å². The quantitative estimate of drug-likeness (QED) is 0.0158. The van der Waals surface area contributed by atoms with E-state index in [0.29, 0.717) is 13.2 Å². The normalized spacial score (nSPS) is 35.1. The van der Waals surface area contributed by atoms with Crippen LogP contribution in [-0.4, -0.2) is 384 Å². The summed E-state index contributed by atoms with van der Waals surface area (Å²) in [7, 11) is 0. The smallest absolute Gasteiger partial charge is 0.187 e. The van der Waals surface area contributed by atoms with E-state index in [4.69, 9.17) is 71.4 Å². The van der Waals surface area contributed by atoms with Gasteiger partial charge in [-0.05, 0) is 44.4 Å². The summed E-state index contributed by atoms with van der Waals surface area (Å²) in [5, 5.41) is 228. The molecule has 0 spiro atoms. The minimum Gasteiger partial charge on any atom is -0.394 e. The van der Waals surface area contributed by atoms with Gasteiger partial charge in [0.05, 0.1) is 97.4 Å². The Balaban J connectivity index is 1.58. The monoisotopic (exact) mass is 1590 g/mol. The van der Waals surface area contributed by atoms with Crippen LogP contribution in [0.3, 0.4) is 0 Å². The Hall–Kier alpha value is -1.44. The molecule has 0 saturated carbocycles. The summed E-state index contributed by atoms with van der Waals surface area (Å²) in [6.07, 6.45) is -33.6. The topological polar surface area (TPSA) is 563 Å². The zero-order valence-electron chi connectivity index (χ0n) is 64.2. The van der Waals surface area contributed by atoms with Gasteiger partial charge >= 0.3 is 0 Å². The van der Waals surface area contributed by atoms with Crippen molar-refractivity contribution in [2.75, 3.05) is 99.1 Å². The average Bonchev–Trinajstić information content (AvgIpc) is 0.804. The minimum atomic E-state index is -2.16. The first-order chi connectivity index (χ1) is 52.3. The summed E-state index contributed by atoms with van der Waals surface area (Å²) < 4.78 is 79.9. The Kier molecular flexibility index (Phi) is 47.2. The summed E-state index contributed by atoms with van der Waals surface area (Å²) in [6.45, 7) is 2.01. The third-order valence-corrected chi connectivity index (χ3v) is 21.1. The van der Waals surface area contributed by atoms with E-state index in [2.05, 4.69) is 27.7 Å². The molecular formula is C73H138O36. The van der Waals surface area contributed by atoms with E-state index < -0.39 is 255 Å². The van der Waals surface area contributed by atoms with Gasteiger partial charge in [0, 0.05) is 19.1 Å². The second-order valence-electron chi connectivity index (χ2n) is 30.3. The minimum absolute atomic E-state index is 0.141. The van der Waals surface area contributed by atoms with Crippen LogP contribution in [0.15, 0.2) is 0 Å². The lowest BCUT2D eigenvalue weighted by Crippen LogP contribution is -2.65. The molecule has 0 aromatic rings. The van der Waals surface area contributed by atoms with Crippen LogP contribution in [0.2, 0.25) is 0 Å². The van der Waals surface area contributed by atoms with E-state index in [0.717, 1.165) is 135 Å². The molecule has 646 valence electrons. The van der Waals surface area contributed by atoms with Gasteiger partial charge < -0.3 is 169 Å². The van der Waals surface area contributed by atoms with Gasteiger partial charge in [0.15, 0.2) is 31.5 Å². The zero-order chi connectivity index (χ0) is 80.3. The molecular weight excluding hydrogens is 1450 g/mol. The van der Waals surface area contributed by atoms with Crippen LogP contribution >= 0.6 is 0 Å². The van der Waals surface area contributed by atoms with Gasteiger partial charge in [-0.15, -0.1) is 0 Å². The number of aliphatic hydroxyl groups is 21. The second-order valence-corrected chi connectivity index (χ2v) is 30.3. The third-order valence-electron chi connectivity index (χ3n) is 21.1. The van der Waals surface area contributed by atoms with Gasteiger partial charge in [-0.1, -0.05) is 130 Å². The zero-order valence-corrected chi connectivity index (χ0v) is 64.2. The number of hydrogen-bond acceptors (Lipinski definition) is 36. The van der Waals surface area contributed by atoms with E-state index in [1.807, 2.05) is 0 Å². The molecule has 5 heterocycles. The molecule has 0 amide bonds. The SMILES string of the molecule is CCCCCCC(CCCCCC)COCC(COCC(CCCCCC)CCCCCC)COCC(CO[C@@H]1OC(CO)[C@@H](OOC(CO)[C@@H](O)C(O)[C@@H](C)O)C(O)C1O)(CO[C@@H]1OC(CO)[C@@H](O[C@H]2OC(CO)[C@@H](O)C(O)C2O)C(O)C1O)CO[C@@H]1OC(CO)[C@H](O[C@H]2OC(CO)[C@@H](O)C(O)C2O)C(O)C1O. The third kappa shape index (κ3) is 30.2. The van der Waals surface area contributed by atoms with Crippen LogP contribution in [-0.2, 0) is 71.4 Å². The molecule has 0 aliphatic carbocycles. The highest BCUT2D eigenvalue weighted by Gasteiger charge is 2.55. The van der Waals surface area contributed by atoms with Gasteiger partial charge in [-0.3, -0.25) is 0 Å². The highest BCUT2D eigenvalue weighted by molar-refractivity contribution is 4.98. The summed E-state index contributed by atoms with van der Waals surface area (Å²) in [6, 6.07) is 0. The fourth-order valence-corrected chi connectivity index (χ4v) is 14.0. The molecule has 5 fully saturated rings. The fourth-order valence-electron chi connectivity index (χ4n) is 14.0. The van der Waals surface area contributed by atoms with Gasteiger partial charge in [-0.25, -0.2) is 9.78 Å². The van der Waals surface area contributed by atoms with Crippen molar-refractivity contribution in [3.63, 3.8) is 0 Å². The van der Waals surface area contributed by atoms with Gasteiger partial charge in [-0.2, -0.15) is 0 Å². The number of rotatable bonds is 57. The van der Waals surface area contributed by atoms with Crippen LogP contribution < -0.4 is 0 Å². The van der Waals surface area contributed by atoms with Crippen molar-refractivity contribution in [1.29, 1.82) is 0 Å². The van der Waals surface area contributed by atoms with Crippen LogP contribution in [0.5, 0.6) is 0 Å². The van der Waals surface area contributed by atoms with Crippen molar-refractivity contribution in [1.82, 2.24) is 0 Å². The number of ether oxygens (including phenoxy) is 13. The van der Waals surface area contributed by atoms with Crippen LogP contribution in [0, 0.1) is 23.2 Å². The lowest BCUT2D eigenvalue weighted by atomic mass is 9.91. The Morgan fingerprint density at radius 3 is 0.963 bits per heavy atom. The molecule has 30 atom stereocenters. The van der Waals surface area contributed by atoms with Crippen molar-refractivity contribution < 1.29 is 179 Å². The van der Waals surface area contributed by atoms with E-state index >= 15 is 0 Å². The molecule has 0 bridgehead atoms. The first kappa shape index (κ1) is 98.1. The molecule has 18 unspecified atom stereocenters. The standard InChI is InChI=1S/C73H138O36/c1-6-10-14-18-22-42(23-19-15-11-7-2)32-95-34-44(35-96-33-43(24-20-16-12-8-3)25-21-17-13-9-4)36-97-37-73(40-100-70-64(94)59(89)67(50(31-79)105-70)109-108-47(28-76)54(84)51(81)41(5)80,38-98-68-62(92)57(87)65(48(29-77)103-68)106-71-60(90)55(85)52(82)45(26-74)101-71)39-99-69-63(93)58(88)66(49(30-78)104-69)107-72-61(91)56(86)53(83)46(27-75)102-72/h41-72,74-94H,6-40H2,1-5H3/t41-,45?,46?,47?,48?,49?,50?,51?,52-,53-,54-,55?,56?,57?,58?,59?,60?,61?,62?,63?,64?,65-,66+,67-,68-,69-,70-,71-,72-,73?/m1/s1. The Morgan fingerprint density at radius 2 is 0.633 bits per heavy atom. The molecule has 0 radical (unpaired) electrons. The molecule has 5 saturated heterocycles. The Bertz CT molecular complexity index is 2160. The molecule has 0 aromatic carbocycles. The summed E-state index contributed by atoms with van der Waals surface area (Å²) in [5.74, 6) is 0.0169. The van der Waals surface area contributed by atoms with E-state index in [9.17, 15) is 107 Å². The highest BCUT2D eigenvalue weighted by Crippen LogP contribution is 2.36. The van der Waals surface area contributed by atoms with E-state index in [1.165, 1.54) is 0 Å². The number of hydrogen-bond donors (Lipinski definition) is 21. The van der Waals surface area contributed by atoms with Crippen LogP contribution in [0.1, 0.15) is 163 Å². The van der Waals surface area contributed by atoms with Gasteiger partial charge in [0.25, 0.3) is 0 Å². The maximum atomic E-state index is 11.9. The Morgan fingerprint density at radius 1 is 0.321 bits per heavy atom. The number of aliphatic hydroxyl groups excluding tert-OH is 21. The van der Waals surface area contributed by atoms with E-state index in [-0.39, 0.29) is 31.7 Å². The maximum Gasteiger partial charge on any atom is 0.187 e. The summed E-state index contributed by atoms with van der Waals surface area (Å²) in [5.41, 5.74) is -2.00. The van der Waals surface area contributed by atoms with Crippen molar-refractivity contribution in [2.45, 2.75) is 341 Å². The van der Waals surface area contributed by atoms with Crippen molar-refractivity contribution in [2.24, 2.45) is 23.2 Å². The molecule has 5 rings (SSSR count). The highest BCUT2D eigenvalue weighted by atomic mass is 17.2. The molecule has 109 heavy (non-hydrogen) atoms. The van der Waals surface area contributed by atoms with Gasteiger partial charge in [0.1, 0.15) is 140 Å². The van der Waals surface area contributed by atoms with Gasteiger partial charge in [0.2, 0.25) is 0 Å². The van der Waals surface area contributed by atoms with Crippen molar-refractivity contribution in [3.8, 4) is 0 Å². The molecule has 36 nitrogen and oxygen atoms in total. The maximum absolute atomic E-state index is 11.9. The molecule has 5 aliphatic rings. The lowest BCUT2D eigenvalue weighted by Gasteiger charge is -2.47. The van der Waals surface area contributed by atoms with Crippen LogP contribution in [0.25, 0.3) is 0 Å². The first-order valence-electron chi connectivity index (χ1n) is 39.6.